The Morgan fingerprint density at radius 2 is 2.04 bits per heavy atom. The molecule has 0 spiro atoms. The summed E-state index contributed by atoms with van der Waals surface area (Å²) in [5, 5.41) is 14.2. The van der Waals surface area contributed by atoms with Crippen molar-refractivity contribution in [3.63, 3.8) is 0 Å². The summed E-state index contributed by atoms with van der Waals surface area (Å²) in [5.41, 5.74) is 2.67. The molecular weight excluding hydrogens is 302 g/mol. The Bertz CT molecular complexity index is 672. The van der Waals surface area contributed by atoms with Crippen LogP contribution in [0, 0.1) is 0 Å². The number of amides is 1. The molecule has 128 valence electrons. The molecule has 1 N–H and O–H groups in total. The minimum atomic E-state index is -0.0282. The molecule has 1 amide bonds. The first-order valence-corrected chi connectivity index (χ1v) is 8.57. The Morgan fingerprint density at radius 1 is 1.29 bits per heavy atom. The molecule has 0 saturated carbocycles. The van der Waals surface area contributed by atoms with Gasteiger partial charge >= 0.3 is 0 Å². The van der Waals surface area contributed by atoms with Gasteiger partial charge in [0.15, 0.2) is 5.82 Å². The third-order valence-electron chi connectivity index (χ3n) is 4.68. The average molecular weight is 327 g/mol. The Hall–Kier alpha value is -2.24. The van der Waals surface area contributed by atoms with Crippen LogP contribution < -0.4 is 0 Å². The number of nitrogens with one attached hydrogen (secondary N) is 1. The second-order valence-electron chi connectivity index (χ2n) is 7.46. The molecule has 1 saturated heterocycles. The molecule has 2 aromatic rings. The van der Waals surface area contributed by atoms with E-state index in [1.807, 2.05) is 4.90 Å². The lowest BCUT2D eigenvalue weighted by atomic mass is 9.86. The number of H-pyrrole nitrogens is 1. The van der Waals surface area contributed by atoms with Crippen LogP contribution in [0.5, 0.6) is 0 Å². The molecule has 1 aliphatic heterocycles. The fourth-order valence-corrected chi connectivity index (χ4v) is 3.21. The van der Waals surface area contributed by atoms with Crippen molar-refractivity contribution in [2.75, 3.05) is 6.54 Å². The minimum absolute atomic E-state index is 0.0282. The van der Waals surface area contributed by atoms with Crippen LogP contribution in [0.3, 0.4) is 0 Å². The van der Waals surface area contributed by atoms with Crippen LogP contribution in [0.4, 0.5) is 0 Å². The topological polar surface area (TPSA) is 74.8 Å². The maximum atomic E-state index is 12.6. The first-order valence-electron chi connectivity index (χ1n) is 8.57. The highest BCUT2D eigenvalue weighted by Gasteiger charge is 2.32. The van der Waals surface area contributed by atoms with E-state index in [4.69, 9.17) is 0 Å². The van der Waals surface area contributed by atoms with Gasteiger partial charge in [0.05, 0.1) is 6.04 Å². The summed E-state index contributed by atoms with van der Waals surface area (Å²) >= 11 is 0. The molecule has 1 unspecified atom stereocenters. The van der Waals surface area contributed by atoms with Crippen molar-refractivity contribution < 1.29 is 4.79 Å². The zero-order valence-corrected chi connectivity index (χ0v) is 14.6. The Balaban J connectivity index is 1.59. The SMILES string of the molecule is CC(C)(C)c1ccc(CCC(=O)N2CCCC2c2nn[nH]n2)cc1. The van der Waals surface area contributed by atoms with Gasteiger partial charge in [-0.2, -0.15) is 5.21 Å². The van der Waals surface area contributed by atoms with Crippen LogP contribution in [0.15, 0.2) is 24.3 Å². The minimum Gasteiger partial charge on any atom is -0.332 e. The number of tetrazole rings is 1. The first-order chi connectivity index (χ1) is 11.4. The summed E-state index contributed by atoms with van der Waals surface area (Å²) in [4.78, 5) is 14.5. The fourth-order valence-electron chi connectivity index (χ4n) is 3.21. The maximum Gasteiger partial charge on any atom is 0.223 e. The number of aromatic nitrogens is 4. The Labute approximate surface area is 142 Å². The molecule has 1 atom stereocenters. The van der Waals surface area contributed by atoms with E-state index < -0.39 is 0 Å². The van der Waals surface area contributed by atoms with Gasteiger partial charge < -0.3 is 4.90 Å². The van der Waals surface area contributed by atoms with E-state index in [9.17, 15) is 4.79 Å². The average Bonchev–Trinajstić information content (AvgIpc) is 3.22. The second-order valence-corrected chi connectivity index (χ2v) is 7.46. The summed E-state index contributed by atoms with van der Waals surface area (Å²) in [7, 11) is 0. The molecule has 0 radical (unpaired) electrons. The highest BCUT2D eigenvalue weighted by Crippen LogP contribution is 2.30. The fraction of sp³-hybridized carbons (Fsp3) is 0.556. The number of benzene rings is 1. The Kier molecular flexibility index (Phi) is 4.64. The highest BCUT2D eigenvalue weighted by molar-refractivity contribution is 5.77. The number of nitrogens with zero attached hydrogens (tertiary/aromatic N) is 4. The van der Waals surface area contributed by atoms with E-state index in [1.54, 1.807) is 0 Å². The summed E-state index contributed by atoms with van der Waals surface area (Å²) in [6.07, 6.45) is 3.18. The summed E-state index contributed by atoms with van der Waals surface area (Å²) in [6, 6.07) is 8.57. The van der Waals surface area contributed by atoms with Crippen molar-refractivity contribution in [2.24, 2.45) is 0 Å². The number of hydrogen-bond donors (Lipinski definition) is 1. The lowest BCUT2D eigenvalue weighted by Crippen LogP contribution is -2.31. The summed E-state index contributed by atoms with van der Waals surface area (Å²) < 4.78 is 0. The predicted octanol–water partition coefficient (Wildman–Crippen LogP) is 2.79. The van der Waals surface area contributed by atoms with Gasteiger partial charge in [-0.3, -0.25) is 4.79 Å². The molecule has 1 aromatic heterocycles. The van der Waals surface area contributed by atoms with Crippen molar-refractivity contribution in [1.29, 1.82) is 0 Å². The van der Waals surface area contributed by atoms with Crippen LogP contribution in [0.2, 0.25) is 0 Å². The van der Waals surface area contributed by atoms with Gasteiger partial charge in [0.2, 0.25) is 5.91 Å². The smallest absolute Gasteiger partial charge is 0.223 e. The summed E-state index contributed by atoms with van der Waals surface area (Å²) in [6.45, 7) is 7.39. The molecular formula is C18H25N5O. The molecule has 3 rings (SSSR count). The maximum absolute atomic E-state index is 12.6. The van der Waals surface area contributed by atoms with Gasteiger partial charge in [-0.15, -0.1) is 10.2 Å². The highest BCUT2D eigenvalue weighted by atomic mass is 16.2. The van der Waals surface area contributed by atoms with Gasteiger partial charge in [0, 0.05) is 13.0 Å². The molecule has 1 fully saturated rings. The van der Waals surface area contributed by atoms with Gasteiger partial charge in [0.1, 0.15) is 0 Å². The van der Waals surface area contributed by atoms with Crippen molar-refractivity contribution in [3.8, 4) is 0 Å². The largest absolute Gasteiger partial charge is 0.332 e. The monoisotopic (exact) mass is 327 g/mol. The number of likely N-dealkylation sites (tertiary alicyclic amines) is 1. The van der Waals surface area contributed by atoms with E-state index in [0.717, 1.165) is 25.8 Å². The molecule has 6 heteroatoms. The van der Waals surface area contributed by atoms with E-state index in [-0.39, 0.29) is 17.4 Å². The second kappa shape index (κ2) is 6.71. The molecule has 1 aliphatic rings. The number of rotatable bonds is 4. The molecule has 0 aliphatic carbocycles. The lowest BCUT2D eigenvalue weighted by molar-refractivity contribution is -0.132. The number of carbonyl (C=O) groups excluding carboxylic acids is 1. The number of aromatic amines is 1. The number of hydrogen-bond acceptors (Lipinski definition) is 4. The molecule has 0 bridgehead atoms. The normalized spacial score (nSPS) is 18.1. The quantitative estimate of drug-likeness (QED) is 0.937. The van der Waals surface area contributed by atoms with Crippen LogP contribution in [0.25, 0.3) is 0 Å². The van der Waals surface area contributed by atoms with Gasteiger partial charge in [-0.05, 0) is 35.8 Å². The third-order valence-corrected chi connectivity index (χ3v) is 4.68. The lowest BCUT2D eigenvalue weighted by Gasteiger charge is -2.22. The van der Waals surface area contributed by atoms with E-state index in [0.29, 0.717) is 12.2 Å². The van der Waals surface area contributed by atoms with Gasteiger partial charge in [0.25, 0.3) is 0 Å². The van der Waals surface area contributed by atoms with Crippen LogP contribution >= 0.6 is 0 Å². The van der Waals surface area contributed by atoms with E-state index in [1.165, 1.54) is 11.1 Å². The molecule has 1 aromatic carbocycles. The zero-order valence-electron chi connectivity index (χ0n) is 14.6. The molecule has 24 heavy (non-hydrogen) atoms. The van der Waals surface area contributed by atoms with Crippen molar-refractivity contribution >= 4 is 5.91 Å². The van der Waals surface area contributed by atoms with Crippen molar-refractivity contribution in [3.05, 3.63) is 41.2 Å². The number of carbonyl (C=O) groups is 1. The van der Waals surface area contributed by atoms with Crippen LogP contribution in [-0.4, -0.2) is 38.0 Å². The van der Waals surface area contributed by atoms with E-state index >= 15 is 0 Å². The third kappa shape index (κ3) is 3.63. The van der Waals surface area contributed by atoms with Crippen LogP contribution in [0.1, 0.15) is 63.0 Å². The van der Waals surface area contributed by atoms with Gasteiger partial charge in [-0.1, -0.05) is 50.3 Å². The van der Waals surface area contributed by atoms with E-state index in [2.05, 4.69) is 65.7 Å². The molecule has 2 heterocycles. The van der Waals surface area contributed by atoms with Gasteiger partial charge in [-0.25, -0.2) is 0 Å². The summed E-state index contributed by atoms with van der Waals surface area (Å²) in [5.74, 6) is 0.789. The number of aryl methyl sites for hydroxylation is 1. The molecule has 6 nitrogen and oxygen atoms in total. The first kappa shape index (κ1) is 16.6. The predicted molar refractivity (Wildman–Crippen MR) is 91.3 cm³/mol. The standard InChI is InChI=1S/C18H25N5O/c1-18(2,3)14-9-6-13(7-10-14)8-11-16(24)23-12-4-5-15(23)17-19-21-22-20-17/h6-7,9-10,15H,4-5,8,11-12H2,1-3H3,(H,19,20,21,22). The van der Waals surface area contributed by atoms with Crippen LogP contribution in [-0.2, 0) is 16.6 Å². The van der Waals surface area contributed by atoms with Crippen molar-refractivity contribution in [1.82, 2.24) is 25.5 Å². The zero-order chi connectivity index (χ0) is 17.2. The Morgan fingerprint density at radius 3 is 2.67 bits per heavy atom. The van der Waals surface area contributed by atoms with Crippen molar-refractivity contribution in [2.45, 2.75) is 57.9 Å².